The average molecular weight is 241 g/mol. The van der Waals surface area contributed by atoms with Crippen LogP contribution in [0.2, 0.25) is 0 Å². The van der Waals surface area contributed by atoms with E-state index in [4.69, 9.17) is 5.73 Å². The first-order valence-electron chi connectivity index (χ1n) is 6.96. The Morgan fingerprint density at radius 3 is 2.88 bits per heavy atom. The van der Waals surface area contributed by atoms with Crippen LogP contribution in [0.4, 0.5) is 0 Å². The maximum atomic E-state index is 12.0. The summed E-state index contributed by atoms with van der Waals surface area (Å²) in [6.07, 6.45) is 4.94. The monoisotopic (exact) mass is 241 g/mol. The molecule has 0 radical (unpaired) electrons. The van der Waals surface area contributed by atoms with Gasteiger partial charge in [-0.05, 0) is 38.3 Å². The van der Waals surface area contributed by atoms with E-state index in [0.29, 0.717) is 18.2 Å². The van der Waals surface area contributed by atoms with Gasteiger partial charge in [0.15, 0.2) is 0 Å². The van der Waals surface area contributed by atoms with Crippen molar-refractivity contribution in [3.8, 4) is 0 Å². The van der Waals surface area contributed by atoms with E-state index in [-0.39, 0.29) is 0 Å². The molecule has 0 bridgehead atoms. The quantitative estimate of drug-likeness (QED) is 0.728. The molecule has 0 saturated carbocycles. The molecular formula is C13H27N3O. The van der Waals surface area contributed by atoms with Crippen molar-refractivity contribution in [2.24, 2.45) is 11.7 Å². The summed E-state index contributed by atoms with van der Waals surface area (Å²) in [6, 6.07) is 0. The Balaban J connectivity index is 2.26. The lowest BCUT2D eigenvalue weighted by Crippen LogP contribution is -2.34. The molecule has 1 fully saturated rings. The Morgan fingerprint density at radius 2 is 2.18 bits per heavy atom. The van der Waals surface area contributed by atoms with Crippen LogP contribution >= 0.6 is 0 Å². The van der Waals surface area contributed by atoms with Gasteiger partial charge in [0.1, 0.15) is 0 Å². The second-order valence-corrected chi connectivity index (χ2v) is 4.87. The minimum Gasteiger partial charge on any atom is -0.341 e. The van der Waals surface area contributed by atoms with Gasteiger partial charge in [-0.15, -0.1) is 0 Å². The van der Waals surface area contributed by atoms with Crippen molar-refractivity contribution in [2.45, 2.75) is 39.0 Å². The fourth-order valence-corrected chi connectivity index (χ4v) is 2.37. The van der Waals surface area contributed by atoms with E-state index in [1.165, 1.54) is 0 Å². The minimum absolute atomic E-state index is 0.323. The summed E-state index contributed by atoms with van der Waals surface area (Å²) in [6.45, 7) is 6.67. The Morgan fingerprint density at radius 1 is 1.35 bits per heavy atom. The Bertz CT molecular complexity index is 213. The topological polar surface area (TPSA) is 58.4 Å². The number of rotatable bonds is 6. The summed E-state index contributed by atoms with van der Waals surface area (Å²) in [5.74, 6) is 0.943. The van der Waals surface area contributed by atoms with Crippen molar-refractivity contribution in [3.63, 3.8) is 0 Å². The highest BCUT2D eigenvalue weighted by Crippen LogP contribution is 2.15. The molecule has 1 aliphatic heterocycles. The normalized spacial score (nSPS) is 18.8. The van der Waals surface area contributed by atoms with Crippen LogP contribution in [-0.2, 0) is 4.79 Å². The van der Waals surface area contributed by atoms with Crippen molar-refractivity contribution in [2.75, 3.05) is 32.7 Å². The maximum absolute atomic E-state index is 12.0. The predicted molar refractivity (Wildman–Crippen MR) is 70.8 cm³/mol. The summed E-state index contributed by atoms with van der Waals surface area (Å²) < 4.78 is 0. The molecule has 4 nitrogen and oxygen atoms in total. The van der Waals surface area contributed by atoms with Crippen LogP contribution in [0.15, 0.2) is 0 Å². The van der Waals surface area contributed by atoms with Crippen LogP contribution in [0.25, 0.3) is 0 Å². The summed E-state index contributed by atoms with van der Waals surface area (Å²) in [5, 5.41) is 3.32. The third-order valence-electron chi connectivity index (χ3n) is 3.61. The molecule has 0 aromatic heterocycles. The minimum atomic E-state index is 0.323. The molecule has 1 rings (SSSR count). The van der Waals surface area contributed by atoms with Crippen molar-refractivity contribution in [1.82, 2.24) is 10.2 Å². The van der Waals surface area contributed by atoms with Crippen LogP contribution < -0.4 is 11.1 Å². The molecule has 17 heavy (non-hydrogen) atoms. The number of nitrogens with one attached hydrogen (secondary N) is 1. The third-order valence-corrected chi connectivity index (χ3v) is 3.61. The standard InChI is InChI=1S/C13H27N3O/c1-2-12(6-7-14)4-5-13(17)16-10-3-8-15-9-11-16/h12,15H,2-11,14H2,1H3. The lowest BCUT2D eigenvalue weighted by Gasteiger charge is -2.21. The number of amides is 1. The van der Waals surface area contributed by atoms with Crippen LogP contribution in [0.5, 0.6) is 0 Å². The first-order valence-corrected chi connectivity index (χ1v) is 6.96. The highest BCUT2D eigenvalue weighted by molar-refractivity contribution is 5.76. The lowest BCUT2D eigenvalue weighted by molar-refractivity contribution is -0.131. The first-order chi connectivity index (χ1) is 8.27. The molecule has 100 valence electrons. The van der Waals surface area contributed by atoms with Gasteiger partial charge in [0.05, 0.1) is 0 Å². The molecule has 0 aromatic rings. The van der Waals surface area contributed by atoms with Gasteiger partial charge in [-0.25, -0.2) is 0 Å². The van der Waals surface area contributed by atoms with E-state index in [1.54, 1.807) is 0 Å². The molecule has 4 heteroatoms. The fourth-order valence-electron chi connectivity index (χ4n) is 2.37. The summed E-state index contributed by atoms with van der Waals surface area (Å²) >= 11 is 0. The van der Waals surface area contributed by atoms with Crippen LogP contribution in [0.3, 0.4) is 0 Å². The van der Waals surface area contributed by atoms with Gasteiger partial charge in [-0.2, -0.15) is 0 Å². The molecule has 1 unspecified atom stereocenters. The van der Waals surface area contributed by atoms with Crippen molar-refractivity contribution in [3.05, 3.63) is 0 Å². The van der Waals surface area contributed by atoms with E-state index in [2.05, 4.69) is 12.2 Å². The van der Waals surface area contributed by atoms with Gasteiger partial charge in [0, 0.05) is 26.1 Å². The Labute approximate surface area is 105 Å². The fraction of sp³-hybridized carbons (Fsp3) is 0.923. The molecule has 0 aromatic carbocycles. The second kappa shape index (κ2) is 8.48. The van der Waals surface area contributed by atoms with E-state index in [1.807, 2.05) is 4.90 Å². The highest BCUT2D eigenvalue weighted by atomic mass is 16.2. The molecule has 0 aliphatic carbocycles. The highest BCUT2D eigenvalue weighted by Gasteiger charge is 2.16. The molecule has 1 atom stereocenters. The average Bonchev–Trinajstić information content (AvgIpc) is 2.62. The van der Waals surface area contributed by atoms with Gasteiger partial charge < -0.3 is 16.0 Å². The largest absolute Gasteiger partial charge is 0.341 e. The van der Waals surface area contributed by atoms with Gasteiger partial charge in [-0.1, -0.05) is 13.3 Å². The zero-order valence-electron chi connectivity index (χ0n) is 11.1. The number of nitrogens with two attached hydrogens (primary N) is 1. The summed E-state index contributed by atoms with van der Waals surface area (Å²) in [7, 11) is 0. The van der Waals surface area contributed by atoms with E-state index < -0.39 is 0 Å². The van der Waals surface area contributed by atoms with Gasteiger partial charge in [-0.3, -0.25) is 4.79 Å². The number of carbonyl (C=O) groups is 1. The van der Waals surface area contributed by atoms with Crippen LogP contribution in [0, 0.1) is 5.92 Å². The molecule has 0 spiro atoms. The zero-order valence-corrected chi connectivity index (χ0v) is 11.1. The zero-order chi connectivity index (χ0) is 12.5. The number of nitrogens with zero attached hydrogens (tertiary/aromatic N) is 1. The van der Waals surface area contributed by atoms with Crippen molar-refractivity contribution >= 4 is 5.91 Å². The van der Waals surface area contributed by atoms with Crippen LogP contribution in [-0.4, -0.2) is 43.5 Å². The lowest BCUT2D eigenvalue weighted by atomic mass is 9.96. The van der Waals surface area contributed by atoms with Gasteiger partial charge in [0.2, 0.25) is 5.91 Å². The molecule has 3 N–H and O–H groups in total. The second-order valence-electron chi connectivity index (χ2n) is 4.87. The van der Waals surface area contributed by atoms with E-state index in [0.717, 1.165) is 58.4 Å². The van der Waals surface area contributed by atoms with E-state index in [9.17, 15) is 4.79 Å². The smallest absolute Gasteiger partial charge is 0.222 e. The molecule has 1 aliphatic rings. The maximum Gasteiger partial charge on any atom is 0.222 e. The number of carbonyl (C=O) groups excluding carboxylic acids is 1. The molecule has 1 amide bonds. The molecular weight excluding hydrogens is 214 g/mol. The number of hydrogen-bond donors (Lipinski definition) is 2. The SMILES string of the molecule is CCC(CCN)CCC(=O)N1CCCNCC1. The van der Waals surface area contributed by atoms with Gasteiger partial charge >= 0.3 is 0 Å². The Hall–Kier alpha value is -0.610. The molecule has 1 heterocycles. The Kier molecular flexibility index (Phi) is 7.21. The first kappa shape index (κ1) is 14.5. The molecule has 1 saturated heterocycles. The van der Waals surface area contributed by atoms with E-state index >= 15 is 0 Å². The summed E-state index contributed by atoms with van der Waals surface area (Å²) in [5.41, 5.74) is 5.57. The summed E-state index contributed by atoms with van der Waals surface area (Å²) in [4.78, 5) is 14.1. The van der Waals surface area contributed by atoms with Gasteiger partial charge in [0.25, 0.3) is 0 Å². The van der Waals surface area contributed by atoms with Crippen molar-refractivity contribution in [1.29, 1.82) is 0 Å². The van der Waals surface area contributed by atoms with Crippen molar-refractivity contribution < 1.29 is 4.79 Å². The third kappa shape index (κ3) is 5.50. The number of hydrogen-bond acceptors (Lipinski definition) is 3. The predicted octanol–water partition coefficient (Wildman–Crippen LogP) is 0.964. The van der Waals surface area contributed by atoms with Crippen LogP contribution in [0.1, 0.15) is 39.0 Å².